The maximum absolute atomic E-state index is 13.0. The molecule has 0 radical (unpaired) electrons. The van der Waals surface area contributed by atoms with E-state index in [0.29, 0.717) is 28.5 Å². The largest absolute Gasteiger partial charge is 0.495 e. The third-order valence-electron chi connectivity index (χ3n) is 4.76. The van der Waals surface area contributed by atoms with Gasteiger partial charge in [0.25, 0.3) is 5.91 Å². The summed E-state index contributed by atoms with van der Waals surface area (Å²) in [5, 5.41) is 2.91. The summed E-state index contributed by atoms with van der Waals surface area (Å²) < 4.78 is 18.0. The van der Waals surface area contributed by atoms with Crippen molar-refractivity contribution in [1.82, 2.24) is 9.38 Å². The van der Waals surface area contributed by atoms with Gasteiger partial charge >= 0.3 is 0 Å². The normalized spacial score (nSPS) is 10.6. The fraction of sp³-hybridized carbons (Fsp3) is 0.130. The smallest absolute Gasteiger partial charge is 0.259 e. The van der Waals surface area contributed by atoms with E-state index < -0.39 is 0 Å². The number of hydrogen-bond donors (Lipinski definition) is 1. The lowest BCUT2D eigenvalue weighted by molar-refractivity contribution is 0.102. The molecule has 0 aliphatic rings. The van der Waals surface area contributed by atoms with Gasteiger partial charge in [0.15, 0.2) is 11.5 Å². The highest BCUT2D eigenvalue weighted by molar-refractivity contribution is 6.07. The minimum atomic E-state index is -0.337. The summed E-state index contributed by atoms with van der Waals surface area (Å²) in [4.78, 5) is 17.6. The standard InChI is InChI=1S/C23H21N3O4/c1-28-19-11-10-15(18-14-26-12-5-4-9-21(26)24-18)13-17(19)25-23(27)16-7-6-8-20(29-2)22(16)30-3/h4-14H,1-3H3,(H,25,27). The average molecular weight is 403 g/mol. The van der Waals surface area contributed by atoms with Crippen LogP contribution >= 0.6 is 0 Å². The van der Waals surface area contributed by atoms with Gasteiger partial charge in [0.2, 0.25) is 0 Å². The number of carbonyl (C=O) groups excluding carboxylic acids is 1. The first kappa shape index (κ1) is 19.3. The minimum absolute atomic E-state index is 0.337. The number of hydrogen-bond acceptors (Lipinski definition) is 5. The topological polar surface area (TPSA) is 74.1 Å². The van der Waals surface area contributed by atoms with Gasteiger partial charge in [0.1, 0.15) is 11.4 Å². The molecular formula is C23H21N3O4. The molecule has 0 spiro atoms. The molecule has 4 aromatic rings. The van der Waals surface area contributed by atoms with Crippen LogP contribution in [0.25, 0.3) is 16.9 Å². The number of rotatable bonds is 6. The number of nitrogens with one attached hydrogen (secondary N) is 1. The van der Waals surface area contributed by atoms with Crippen molar-refractivity contribution < 1.29 is 19.0 Å². The molecule has 1 N–H and O–H groups in total. The lowest BCUT2D eigenvalue weighted by Gasteiger charge is -2.14. The van der Waals surface area contributed by atoms with E-state index in [-0.39, 0.29) is 5.91 Å². The number of methoxy groups -OCH3 is 3. The Morgan fingerprint density at radius 3 is 2.50 bits per heavy atom. The molecule has 1 amide bonds. The zero-order valence-corrected chi connectivity index (χ0v) is 16.9. The van der Waals surface area contributed by atoms with E-state index in [1.165, 1.54) is 14.2 Å². The maximum Gasteiger partial charge on any atom is 0.259 e. The van der Waals surface area contributed by atoms with Gasteiger partial charge in [0.05, 0.1) is 38.3 Å². The van der Waals surface area contributed by atoms with Crippen molar-refractivity contribution >= 4 is 17.2 Å². The van der Waals surface area contributed by atoms with Gasteiger partial charge < -0.3 is 23.9 Å². The Balaban J connectivity index is 1.70. The molecule has 0 aliphatic carbocycles. The van der Waals surface area contributed by atoms with E-state index >= 15 is 0 Å². The number of para-hydroxylation sites is 1. The number of aromatic nitrogens is 2. The van der Waals surface area contributed by atoms with Gasteiger partial charge in [0, 0.05) is 18.0 Å². The predicted molar refractivity (Wildman–Crippen MR) is 115 cm³/mol. The summed E-state index contributed by atoms with van der Waals surface area (Å²) in [6, 6.07) is 16.5. The monoisotopic (exact) mass is 403 g/mol. The van der Waals surface area contributed by atoms with E-state index in [2.05, 4.69) is 10.3 Å². The summed E-state index contributed by atoms with van der Waals surface area (Å²) in [7, 11) is 4.59. The van der Waals surface area contributed by atoms with Gasteiger partial charge in [-0.15, -0.1) is 0 Å². The number of benzene rings is 2. The molecule has 152 valence electrons. The van der Waals surface area contributed by atoms with Crippen LogP contribution in [0.2, 0.25) is 0 Å². The summed E-state index contributed by atoms with van der Waals surface area (Å²) in [6.07, 6.45) is 3.88. The molecule has 2 heterocycles. The zero-order chi connectivity index (χ0) is 21.1. The number of ether oxygens (including phenoxy) is 3. The Morgan fingerprint density at radius 1 is 0.933 bits per heavy atom. The van der Waals surface area contributed by atoms with E-state index in [1.54, 1.807) is 31.4 Å². The predicted octanol–water partition coefficient (Wildman–Crippen LogP) is 4.28. The molecule has 0 atom stereocenters. The first-order valence-corrected chi connectivity index (χ1v) is 9.29. The average Bonchev–Trinajstić information content (AvgIpc) is 3.22. The van der Waals surface area contributed by atoms with E-state index in [4.69, 9.17) is 14.2 Å². The molecule has 30 heavy (non-hydrogen) atoms. The molecule has 4 rings (SSSR count). The van der Waals surface area contributed by atoms with E-state index in [9.17, 15) is 4.79 Å². The Labute approximate surface area is 173 Å². The number of carbonyl (C=O) groups is 1. The quantitative estimate of drug-likeness (QED) is 0.520. The van der Waals surface area contributed by atoms with Crippen molar-refractivity contribution in [3.05, 3.63) is 72.6 Å². The van der Waals surface area contributed by atoms with E-state index in [1.807, 2.05) is 47.1 Å². The SMILES string of the molecule is COc1ccc(-c2cn3ccccc3n2)cc1NC(=O)c1cccc(OC)c1OC. The third-order valence-corrected chi connectivity index (χ3v) is 4.76. The first-order valence-electron chi connectivity index (χ1n) is 9.29. The van der Waals surface area contributed by atoms with Crippen LogP contribution in [0.3, 0.4) is 0 Å². The number of anilines is 1. The van der Waals surface area contributed by atoms with Crippen LogP contribution in [0.15, 0.2) is 67.0 Å². The van der Waals surface area contributed by atoms with Gasteiger partial charge in [-0.1, -0.05) is 12.1 Å². The van der Waals surface area contributed by atoms with Crippen molar-refractivity contribution in [3.63, 3.8) is 0 Å². The van der Waals surface area contributed by atoms with Crippen molar-refractivity contribution in [3.8, 4) is 28.5 Å². The molecule has 0 fully saturated rings. The van der Waals surface area contributed by atoms with Crippen LogP contribution in [-0.2, 0) is 0 Å². The molecule has 0 saturated carbocycles. The molecule has 2 aromatic carbocycles. The van der Waals surface area contributed by atoms with Crippen LogP contribution in [0.4, 0.5) is 5.69 Å². The molecule has 0 unspecified atom stereocenters. The maximum atomic E-state index is 13.0. The van der Waals surface area contributed by atoms with E-state index in [0.717, 1.165) is 16.9 Å². The molecular weight excluding hydrogens is 382 g/mol. The fourth-order valence-electron chi connectivity index (χ4n) is 3.29. The van der Waals surface area contributed by atoms with Crippen molar-refractivity contribution in [1.29, 1.82) is 0 Å². The highest BCUT2D eigenvalue weighted by Gasteiger charge is 2.18. The van der Waals surface area contributed by atoms with Gasteiger partial charge in [-0.3, -0.25) is 4.79 Å². The number of imidazole rings is 1. The number of amides is 1. The Kier molecular flexibility index (Phi) is 5.26. The number of fused-ring (bicyclic) bond motifs is 1. The Morgan fingerprint density at radius 2 is 1.77 bits per heavy atom. The van der Waals surface area contributed by atoms with Crippen LogP contribution < -0.4 is 19.5 Å². The Hall–Kier alpha value is -4.00. The van der Waals surface area contributed by atoms with Crippen LogP contribution in [0, 0.1) is 0 Å². The summed E-state index contributed by atoms with van der Waals surface area (Å²) in [6.45, 7) is 0. The van der Waals surface area contributed by atoms with Gasteiger partial charge in [-0.25, -0.2) is 4.98 Å². The highest BCUT2D eigenvalue weighted by atomic mass is 16.5. The summed E-state index contributed by atoms with van der Waals surface area (Å²) in [5.41, 5.74) is 3.37. The van der Waals surface area contributed by atoms with Crippen LogP contribution in [-0.4, -0.2) is 36.6 Å². The van der Waals surface area contributed by atoms with Crippen LogP contribution in [0.5, 0.6) is 17.2 Å². The second-order valence-electron chi connectivity index (χ2n) is 6.50. The third kappa shape index (κ3) is 3.53. The number of pyridine rings is 1. The van der Waals surface area contributed by atoms with Crippen LogP contribution in [0.1, 0.15) is 10.4 Å². The van der Waals surface area contributed by atoms with Crippen molar-refractivity contribution in [2.45, 2.75) is 0 Å². The highest BCUT2D eigenvalue weighted by Crippen LogP contribution is 2.34. The lowest BCUT2D eigenvalue weighted by atomic mass is 10.1. The second kappa shape index (κ2) is 8.16. The number of nitrogens with zero attached hydrogens (tertiary/aromatic N) is 2. The van der Waals surface area contributed by atoms with Gasteiger partial charge in [-0.2, -0.15) is 0 Å². The molecule has 7 nitrogen and oxygen atoms in total. The molecule has 2 aromatic heterocycles. The lowest BCUT2D eigenvalue weighted by Crippen LogP contribution is -2.14. The minimum Gasteiger partial charge on any atom is -0.495 e. The molecule has 0 saturated heterocycles. The second-order valence-corrected chi connectivity index (χ2v) is 6.50. The zero-order valence-electron chi connectivity index (χ0n) is 16.9. The molecule has 0 bridgehead atoms. The van der Waals surface area contributed by atoms with Crippen molar-refractivity contribution in [2.75, 3.05) is 26.6 Å². The molecule has 7 heteroatoms. The fourth-order valence-corrected chi connectivity index (χ4v) is 3.29. The van der Waals surface area contributed by atoms with Gasteiger partial charge in [-0.05, 0) is 42.5 Å². The Bertz CT molecular complexity index is 1180. The summed E-state index contributed by atoms with van der Waals surface area (Å²) in [5.74, 6) is 1.05. The molecule has 0 aliphatic heterocycles. The van der Waals surface area contributed by atoms with Crippen molar-refractivity contribution in [2.24, 2.45) is 0 Å². The summed E-state index contributed by atoms with van der Waals surface area (Å²) >= 11 is 0. The first-order chi connectivity index (χ1) is 14.6.